The van der Waals surface area contributed by atoms with E-state index in [0.717, 1.165) is 11.8 Å². The van der Waals surface area contributed by atoms with Gasteiger partial charge in [-0.15, -0.1) is 0 Å². The number of hydrogen-bond donors (Lipinski definition) is 1. The van der Waals surface area contributed by atoms with Crippen LogP contribution < -0.4 is 10.2 Å². The molecule has 0 spiro atoms. The highest BCUT2D eigenvalue weighted by Gasteiger charge is 2.34. The molecule has 1 saturated heterocycles. The molecule has 5 nitrogen and oxygen atoms in total. The molecule has 1 fully saturated rings. The van der Waals surface area contributed by atoms with Crippen molar-refractivity contribution in [3.8, 4) is 11.4 Å². The number of anilines is 2. The number of alkyl halides is 3. The third-order valence-electron chi connectivity index (χ3n) is 4.96. The molecule has 0 unspecified atom stereocenters. The van der Waals surface area contributed by atoms with Gasteiger partial charge >= 0.3 is 6.18 Å². The van der Waals surface area contributed by atoms with Gasteiger partial charge in [-0.25, -0.2) is 14.4 Å². The minimum atomic E-state index is -4.57. The Balaban J connectivity index is 1.52. The molecule has 1 aliphatic rings. The molecular weight excluding hydrogens is 398 g/mol. The van der Waals surface area contributed by atoms with E-state index in [-0.39, 0.29) is 23.5 Å². The van der Waals surface area contributed by atoms with E-state index >= 15 is 0 Å². The molecule has 9 heteroatoms. The fourth-order valence-corrected chi connectivity index (χ4v) is 3.40. The molecule has 1 aliphatic heterocycles. The van der Waals surface area contributed by atoms with E-state index in [9.17, 15) is 17.6 Å². The third-order valence-corrected chi connectivity index (χ3v) is 4.96. The van der Waals surface area contributed by atoms with Gasteiger partial charge in [-0.1, -0.05) is 0 Å². The van der Waals surface area contributed by atoms with Crippen molar-refractivity contribution in [2.75, 3.05) is 23.3 Å². The van der Waals surface area contributed by atoms with Crippen molar-refractivity contribution in [3.05, 3.63) is 66.4 Å². The van der Waals surface area contributed by atoms with Crippen molar-refractivity contribution < 1.29 is 17.6 Å². The summed E-state index contributed by atoms with van der Waals surface area (Å²) in [6.07, 6.45) is -0.165. The molecular formula is C21H19F4N5. The van der Waals surface area contributed by atoms with E-state index in [1.165, 1.54) is 24.5 Å². The largest absolute Gasteiger partial charge is 0.433 e. The van der Waals surface area contributed by atoms with Crippen LogP contribution in [0.15, 0.2) is 54.9 Å². The summed E-state index contributed by atoms with van der Waals surface area (Å²) in [6.45, 7) is 1.08. The lowest BCUT2D eigenvalue weighted by Crippen LogP contribution is -2.39. The van der Waals surface area contributed by atoms with Gasteiger partial charge in [0.2, 0.25) is 0 Å². The van der Waals surface area contributed by atoms with Gasteiger partial charge in [0.05, 0.1) is 0 Å². The molecule has 2 aromatic heterocycles. The smallest absolute Gasteiger partial charge is 0.382 e. The molecule has 0 amide bonds. The van der Waals surface area contributed by atoms with Crippen LogP contribution in [0.3, 0.4) is 0 Å². The van der Waals surface area contributed by atoms with Crippen molar-refractivity contribution in [3.63, 3.8) is 0 Å². The Morgan fingerprint density at radius 3 is 2.37 bits per heavy atom. The van der Waals surface area contributed by atoms with Crippen LogP contribution in [0, 0.1) is 5.82 Å². The number of rotatable bonds is 4. The van der Waals surface area contributed by atoms with Crippen molar-refractivity contribution in [2.45, 2.75) is 25.1 Å². The normalized spacial score (nSPS) is 15.3. The van der Waals surface area contributed by atoms with Gasteiger partial charge in [-0.2, -0.15) is 13.2 Å². The zero-order valence-electron chi connectivity index (χ0n) is 15.9. The van der Waals surface area contributed by atoms with Gasteiger partial charge in [-0.3, -0.25) is 4.98 Å². The molecule has 3 aromatic rings. The van der Waals surface area contributed by atoms with Crippen molar-refractivity contribution in [1.29, 1.82) is 0 Å². The summed E-state index contributed by atoms with van der Waals surface area (Å²) in [4.78, 5) is 13.9. The summed E-state index contributed by atoms with van der Waals surface area (Å²) in [5.74, 6) is -0.0556. The Kier molecular flexibility index (Phi) is 5.52. The van der Waals surface area contributed by atoms with Gasteiger partial charge in [0.25, 0.3) is 0 Å². The van der Waals surface area contributed by atoms with Gasteiger partial charge < -0.3 is 10.2 Å². The maximum Gasteiger partial charge on any atom is 0.433 e. The second-order valence-corrected chi connectivity index (χ2v) is 7.09. The summed E-state index contributed by atoms with van der Waals surface area (Å²) in [5, 5.41) is 3.34. The van der Waals surface area contributed by atoms with Crippen LogP contribution in [-0.4, -0.2) is 34.1 Å². The number of hydrogen-bond acceptors (Lipinski definition) is 5. The molecule has 0 aliphatic carbocycles. The van der Waals surface area contributed by atoms with E-state index in [1.54, 1.807) is 24.3 Å². The van der Waals surface area contributed by atoms with Gasteiger partial charge in [0, 0.05) is 48.8 Å². The lowest BCUT2D eigenvalue weighted by molar-refractivity contribution is -0.141. The predicted octanol–water partition coefficient (Wildman–Crippen LogP) is 4.78. The number of piperidine rings is 1. The maximum absolute atomic E-state index is 13.4. The van der Waals surface area contributed by atoms with Crippen LogP contribution in [0.25, 0.3) is 11.4 Å². The first-order valence-electron chi connectivity index (χ1n) is 9.52. The van der Waals surface area contributed by atoms with Crippen LogP contribution >= 0.6 is 0 Å². The number of pyridine rings is 1. The van der Waals surface area contributed by atoms with Crippen LogP contribution in [0.4, 0.5) is 29.1 Å². The molecule has 1 aromatic carbocycles. The van der Waals surface area contributed by atoms with E-state index in [1.807, 2.05) is 4.90 Å². The molecule has 30 heavy (non-hydrogen) atoms. The minimum absolute atomic E-state index is 0.000476. The van der Waals surface area contributed by atoms with Crippen LogP contribution in [0.5, 0.6) is 0 Å². The first-order chi connectivity index (χ1) is 14.4. The summed E-state index contributed by atoms with van der Waals surface area (Å²) < 4.78 is 53.3. The monoisotopic (exact) mass is 417 g/mol. The lowest BCUT2D eigenvalue weighted by atomic mass is 10.0. The number of nitrogens with zero attached hydrogens (tertiary/aromatic N) is 4. The van der Waals surface area contributed by atoms with E-state index in [2.05, 4.69) is 20.3 Å². The Morgan fingerprint density at radius 1 is 1.00 bits per heavy atom. The van der Waals surface area contributed by atoms with Crippen LogP contribution in [0.2, 0.25) is 0 Å². The van der Waals surface area contributed by atoms with E-state index in [0.29, 0.717) is 31.5 Å². The Morgan fingerprint density at radius 2 is 1.73 bits per heavy atom. The summed E-state index contributed by atoms with van der Waals surface area (Å²) in [5.41, 5.74) is 0.269. The summed E-state index contributed by atoms with van der Waals surface area (Å²) in [6, 6.07) is 10.5. The molecule has 156 valence electrons. The van der Waals surface area contributed by atoms with E-state index in [4.69, 9.17) is 0 Å². The first kappa shape index (κ1) is 20.1. The van der Waals surface area contributed by atoms with Crippen LogP contribution in [0.1, 0.15) is 18.5 Å². The van der Waals surface area contributed by atoms with Gasteiger partial charge in [0.15, 0.2) is 11.5 Å². The number of aromatic nitrogens is 3. The Hall–Kier alpha value is -3.23. The van der Waals surface area contributed by atoms with E-state index < -0.39 is 11.9 Å². The SMILES string of the molecule is Fc1ccc(NC2CCN(c3cc(C(F)(F)F)nc(-c4cccnc4)n3)CC2)cc1. The fraction of sp³-hybridized carbons (Fsp3) is 0.286. The predicted molar refractivity (Wildman–Crippen MR) is 106 cm³/mol. The van der Waals surface area contributed by atoms with Crippen LogP contribution in [-0.2, 0) is 6.18 Å². The minimum Gasteiger partial charge on any atom is -0.382 e. The van der Waals surface area contributed by atoms with Crippen molar-refractivity contribution in [1.82, 2.24) is 15.0 Å². The average Bonchev–Trinajstić information content (AvgIpc) is 2.76. The van der Waals surface area contributed by atoms with Gasteiger partial charge in [0.1, 0.15) is 11.6 Å². The highest BCUT2D eigenvalue weighted by atomic mass is 19.4. The average molecular weight is 417 g/mol. The highest BCUT2D eigenvalue weighted by Crippen LogP contribution is 2.32. The fourth-order valence-electron chi connectivity index (χ4n) is 3.40. The molecule has 0 atom stereocenters. The topological polar surface area (TPSA) is 53.9 Å². The Labute approximate surface area is 170 Å². The third kappa shape index (κ3) is 4.67. The molecule has 0 saturated carbocycles. The lowest BCUT2D eigenvalue weighted by Gasteiger charge is -2.34. The second kappa shape index (κ2) is 8.25. The summed E-state index contributed by atoms with van der Waals surface area (Å²) >= 11 is 0. The number of halogens is 4. The number of benzene rings is 1. The molecule has 3 heterocycles. The molecule has 1 N–H and O–H groups in total. The highest BCUT2D eigenvalue weighted by molar-refractivity contribution is 5.57. The van der Waals surface area contributed by atoms with Gasteiger partial charge in [-0.05, 0) is 49.2 Å². The number of nitrogens with one attached hydrogen (secondary N) is 1. The van der Waals surface area contributed by atoms with Crippen molar-refractivity contribution >= 4 is 11.5 Å². The summed E-state index contributed by atoms with van der Waals surface area (Å²) in [7, 11) is 0. The Bertz CT molecular complexity index is 985. The zero-order chi connectivity index (χ0) is 21.1. The standard InChI is InChI=1S/C21H19F4N5/c22-15-3-5-16(6-4-15)27-17-7-10-30(11-8-17)19-12-18(21(23,24)25)28-20(29-19)14-2-1-9-26-13-14/h1-6,9,12-13,17,27H,7-8,10-11H2. The second-order valence-electron chi connectivity index (χ2n) is 7.09. The first-order valence-corrected chi connectivity index (χ1v) is 9.52. The quantitative estimate of drug-likeness (QED) is 0.620. The zero-order valence-corrected chi connectivity index (χ0v) is 15.9. The molecule has 0 bridgehead atoms. The molecule has 0 radical (unpaired) electrons. The van der Waals surface area contributed by atoms with Crippen molar-refractivity contribution in [2.24, 2.45) is 0 Å². The maximum atomic E-state index is 13.4. The molecule has 4 rings (SSSR count).